The number of carbonyl (C=O) groups excluding carboxylic acids is 1. The molecule has 1 fully saturated rings. The van der Waals surface area contributed by atoms with Crippen LogP contribution in [0.15, 0.2) is 35.7 Å². The van der Waals surface area contributed by atoms with Crippen molar-refractivity contribution in [3.63, 3.8) is 0 Å². The molecule has 3 rings (SSSR count). The van der Waals surface area contributed by atoms with Crippen molar-refractivity contribution >= 4 is 5.97 Å². The summed E-state index contributed by atoms with van der Waals surface area (Å²) in [6.07, 6.45) is -0.282. The van der Waals surface area contributed by atoms with E-state index in [1.165, 1.54) is 0 Å². The Morgan fingerprint density at radius 3 is 2.69 bits per heavy atom. The van der Waals surface area contributed by atoms with Crippen LogP contribution in [0.25, 0.3) is 0 Å². The highest BCUT2D eigenvalue weighted by Gasteiger charge is 2.49. The zero-order valence-corrected chi connectivity index (χ0v) is 14.7. The van der Waals surface area contributed by atoms with E-state index in [4.69, 9.17) is 19.9 Å². The summed E-state index contributed by atoms with van der Waals surface area (Å²) in [7, 11) is 1.60. The van der Waals surface area contributed by atoms with Crippen molar-refractivity contribution in [3.05, 3.63) is 41.3 Å². The van der Waals surface area contributed by atoms with E-state index < -0.39 is 6.23 Å². The van der Waals surface area contributed by atoms with E-state index >= 15 is 0 Å². The third kappa shape index (κ3) is 3.31. The molecule has 1 aromatic rings. The van der Waals surface area contributed by atoms with E-state index in [0.29, 0.717) is 12.2 Å². The molecule has 26 heavy (non-hydrogen) atoms. The Hall–Kier alpha value is -2.76. The second-order valence-corrected chi connectivity index (χ2v) is 6.16. The van der Waals surface area contributed by atoms with Crippen LogP contribution in [-0.4, -0.2) is 32.0 Å². The lowest BCUT2D eigenvalue weighted by Crippen LogP contribution is -2.41. The molecule has 0 aliphatic carbocycles. The van der Waals surface area contributed by atoms with Gasteiger partial charge in [-0.15, -0.1) is 0 Å². The summed E-state index contributed by atoms with van der Waals surface area (Å²) in [5, 5.41) is 9.64. The average molecular weight is 358 g/mol. The molecule has 0 saturated carbocycles. The molecule has 1 saturated heterocycles. The van der Waals surface area contributed by atoms with Gasteiger partial charge in [-0.2, -0.15) is 5.26 Å². The average Bonchev–Trinajstić information content (AvgIpc) is 3.03. The van der Waals surface area contributed by atoms with Gasteiger partial charge in [-0.1, -0.05) is 12.1 Å². The minimum Gasteiger partial charge on any atom is -0.497 e. The van der Waals surface area contributed by atoms with Crippen LogP contribution >= 0.6 is 0 Å². The monoisotopic (exact) mass is 358 g/mol. The molecule has 0 amide bonds. The molecular formula is C18H22N4O4. The Bertz CT molecular complexity index is 741. The fraction of sp³-hybridized carbons (Fsp3) is 0.444. The Balaban J connectivity index is 1.96. The summed E-state index contributed by atoms with van der Waals surface area (Å²) >= 11 is 0. The van der Waals surface area contributed by atoms with Crippen LogP contribution in [-0.2, 0) is 14.3 Å². The minimum atomic E-state index is -0.446. The van der Waals surface area contributed by atoms with Gasteiger partial charge in [0.2, 0.25) is 5.88 Å². The lowest BCUT2D eigenvalue weighted by molar-refractivity contribution is -0.144. The summed E-state index contributed by atoms with van der Waals surface area (Å²) in [6, 6.07) is 9.37. The maximum atomic E-state index is 12.0. The van der Waals surface area contributed by atoms with Gasteiger partial charge in [0, 0.05) is 17.9 Å². The molecule has 138 valence electrons. The van der Waals surface area contributed by atoms with Gasteiger partial charge in [-0.3, -0.25) is 10.2 Å². The van der Waals surface area contributed by atoms with Crippen molar-refractivity contribution in [2.24, 2.45) is 11.7 Å². The fourth-order valence-electron chi connectivity index (χ4n) is 3.57. The number of nitrogens with zero attached hydrogens (tertiary/aromatic N) is 1. The van der Waals surface area contributed by atoms with Crippen molar-refractivity contribution in [1.82, 2.24) is 10.9 Å². The van der Waals surface area contributed by atoms with Crippen molar-refractivity contribution in [2.75, 3.05) is 13.7 Å². The van der Waals surface area contributed by atoms with Gasteiger partial charge in [-0.05, 0) is 24.6 Å². The highest BCUT2D eigenvalue weighted by atomic mass is 16.5. The number of allylic oxidation sites excluding steroid dienone is 1. The van der Waals surface area contributed by atoms with Crippen LogP contribution < -0.4 is 21.3 Å². The third-order valence-electron chi connectivity index (χ3n) is 4.73. The van der Waals surface area contributed by atoms with Crippen molar-refractivity contribution in [1.29, 1.82) is 5.26 Å². The largest absolute Gasteiger partial charge is 0.497 e. The molecule has 4 N–H and O–H groups in total. The van der Waals surface area contributed by atoms with Gasteiger partial charge in [0.1, 0.15) is 11.8 Å². The molecule has 0 radical (unpaired) electrons. The Kier molecular flexibility index (Phi) is 5.30. The number of rotatable bonds is 5. The highest BCUT2D eigenvalue weighted by Crippen LogP contribution is 2.43. The van der Waals surface area contributed by atoms with Crippen LogP contribution in [0, 0.1) is 17.2 Å². The standard InChI is InChI=1S/C18H22N4O4/c1-3-25-14(23)8-13-16-15(10-4-6-11(24-2)7-5-10)12(9-19)17(20)26-18(16)22-21-13/h4-7,13,15-16,18,21-22H,3,8,20H2,1-2H3. The SMILES string of the molecule is CCOC(=O)CC1NNC2OC(N)=C(C#N)C(c3ccc(OC)cc3)C12. The first-order valence-corrected chi connectivity index (χ1v) is 8.46. The van der Waals surface area contributed by atoms with Crippen LogP contribution in [0.3, 0.4) is 0 Å². The van der Waals surface area contributed by atoms with Crippen LogP contribution in [0.1, 0.15) is 24.8 Å². The van der Waals surface area contributed by atoms with Gasteiger partial charge < -0.3 is 19.9 Å². The number of nitriles is 1. The first kappa shape index (κ1) is 18.0. The van der Waals surface area contributed by atoms with Crippen LogP contribution in [0.4, 0.5) is 0 Å². The number of ether oxygens (including phenoxy) is 3. The summed E-state index contributed by atoms with van der Waals surface area (Å²) in [5.74, 6) is 0.00233. The smallest absolute Gasteiger partial charge is 0.307 e. The van der Waals surface area contributed by atoms with Crippen LogP contribution in [0.5, 0.6) is 5.75 Å². The zero-order chi connectivity index (χ0) is 18.7. The third-order valence-corrected chi connectivity index (χ3v) is 4.73. The van der Waals surface area contributed by atoms with E-state index in [1.807, 2.05) is 24.3 Å². The molecule has 2 aliphatic rings. The van der Waals surface area contributed by atoms with E-state index in [0.717, 1.165) is 11.3 Å². The minimum absolute atomic E-state index is 0.0978. The van der Waals surface area contributed by atoms with Crippen molar-refractivity contribution in [3.8, 4) is 11.8 Å². The van der Waals surface area contributed by atoms with Gasteiger partial charge in [0.25, 0.3) is 0 Å². The molecule has 0 aromatic heterocycles. The second kappa shape index (κ2) is 7.64. The number of hydrazine groups is 1. The first-order chi connectivity index (χ1) is 12.6. The maximum absolute atomic E-state index is 12.0. The lowest BCUT2D eigenvalue weighted by atomic mass is 9.75. The normalized spacial score (nSPS) is 27.3. The number of hydrogen-bond acceptors (Lipinski definition) is 8. The topological polar surface area (TPSA) is 119 Å². The summed E-state index contributed by atoms with van der Waals surface area (Å²) < 4.78 is 15.9. The lowest BCUT2D eigenvalue weighted by Gasteiger charge is -2.35. The number of fused-ring (bicyclic) bond motifs is 1. The number of nitrogens with one attached hydrogen (secondary N) is 2. The molecule has 2 heterocycles. The number of benzene rings is 1. The summed E-state index contributed by atoms with van der Waals surface area (Å²) in [5.41, 5.74) is 13.3. The summed E-state index contributed by atoms with van der Waals surface area (Å²) in [4.78, 5) is 12.0. The number of methoxy groups -OCH3 is 1. The van der Waals surface area contributed by atoms with E-state index in [2.05, 4.69) is 16.9 Å². The highest BCUT2D eigenvalue weighted by molar-refractivity contribution is 5.70. The molecule has 8 heteroatoms. The zero-order valence-electron chi connectivity index (χ0n) is 14.7. The Labute approximate surface area is 151 Å². The molecule has 1 aromatic carbocycles. The summed E-state index contributed by atoms with van der Waals surface area (Å²) in [6.45, 7) is 2.09. The van der Waals surface area contributed by atoms with Gasteiger partial charge in [0.05, 0.1) is 25.7 Å². The van der Waals surface area contributed by atoms with Gasteiger partial charge in [-0.25, -0.2) is 5.43 Å². The number of esters is 1. The molecule has 4 atom stereocenters. The maximum Gasteiger partial charge on any atom is 0.307 e. The predicted molar refractivity (Wildman–Crippen MR) is 92.2 cm³/mol. The second-order valence-electron chi connectivity index (χ2n) is 6.16. The molecule has 0 spiro atoms. The predicted octanol–water partition coefficient (Wildman–Crippen LogP) is 0.875. The Morgan fingerprint density at radius 2 is 2.08 bits per heavy atom. The van der Waals surface area contributed by atoms with E-state index in [1.54, 1.807) is 14.0 Å². The fourth-order valence-corrected chi connectivity index (χ4v) is 3.57. The quantitative estimate of drug-likeness (QED) is 0.664. The van der Waals surface area contributed by atoms with E-state index in [-0.39, 0.29) is 36.2 Å². The van der Waals surface area contributed by atoms with Crippen molar-refractivity contribution < 1.29 is 19.0 Å². The number of carbonyl (C=O) groups is 1. The molecule has 4 unspecified atom stereocenters. The number of hydrogen-bond donors (Lipinski definition) is 3. The molecule has 0 bridgehead atoms. The first-order valence-electron chi connectivity index (χ1n) is 8.46. The Morgan fingerprint density at radius 1 is 1.35 bits per heavy atom. The van der Waals surface area contributed by atoms with Gasteiger partial charge in [0.15, 0.2) is 6.23 Å². The van der Waals surface area contributed by atoms with Gasteiger partial charge >= 0.3 is 5.97 Å². The van der Waals surface area contributed by atoms with Crippen molar-refractivity contribution in [2.45, 2.75) is 31.5 Å². The molecular weight excluding hydrogens is 336 g/mol. The molecule has 2 aliphatic heterocycles. The number of nitrogens with two attached hydrogens (primary N) is 1. The molecule has 8 nitrogen and oxygen atoms in total. The van der Waals surface area contributed by atoms with E-state index in [9.17, 15) is 10.1 Å². The van der Waals surface area contributed by atoms with Crippen LogP contribution in [0.2, 0.25) is 0 Å².